The summed E-state index contributed by atoms with van der Waals surface area (Å²) < 4.78 is 16.1. The summed E-state index contributed by atoms with van der Waals surface area (Å²) in [5, 5.41) is 0. The van der Waals surface area contributed by atoms with Gasteiger partial charge in [-0.25, -0.2) is 0 Å². The van der Waals surface area contributed by atoms with E-state index in [4.69, 9.17) is 14.2 Å². The minimum Gasteiger partial charge on any atom is -0.496 e. The van der Waals surface area contributed by atoms with E-state index < -0.39 is 0 Å². The highest BCUT2D eigenvalue weighted by molar-refractivity contribution is 5.95. The van der Waals surface area contributed by atoms with Gasteiger partial charge in [-0.15, -0.1) is 0 Å². The lowest BCUT2D eigenvalue weighted by molar-refractivity contribution is 0.0542. The molecule has 1 fully saturated rings. The van der Waals surface area contributed by atoms with E-state index in [1.54, 1.807) is 39.5 Å². The second-order valence-corrected chi connectivity index (χ2v) is 6.56. The molecule has 0 spiro atoms. The van der Waals surface area contributed by atoms with Crippen LogP contribution in [0.3, 0.4) is 0 Å². The maximum absolute atomic E-state index is 13.1. The summed E-state index contributed by atoms with van der Waals surface area (Å²) in [7, 11) is 6.90. The molecule has 2 aromatic carbocycles. The molecule has 1 aliphatic heterocycles. The lowest BCUT2D eigenvalue weighted by Crippen LogP contribution is -2.49. The van der Waals surface area contributed by atoms with Gasteiger partial charge in [-0.05, 0) is 31.3 Å². The van der Waals surface area contributed by atoms with Crippen molar-refractivity contribution in [3.8, 4) is 17.2 Å². The summed E-state index contributed by atoms with van der Waals surface area (Å²) in [5.41, 5.74) is 1.68. The predicted molar refractivity (Wildman–Crippen MR) is 104 cm³/mol. The van der Waals surface area contributed by atoms with Crippen LogP contribution in [-0.2, 0) is 0 Å². The van der Waals surface area contributed by atoms with Crippen molar-refractivity contribution >= 4 is 5.91 Å². The first kappa shape index (κ1) is 19.0. The van der Waals surface area contributed by atoms with Gasteiger partial charge in [-0.3, -0.25) is 9.69 Å². The normalized spacial score (nSPS) is 17.5. The van der Waals surface area contributed by atoms with E-state index in [1.807, 2.05) is 23.1 Å². The standard InChI is InChI=1S/C21H26N2O4/c1-22-11-12-23(14-17(22)16-7-5-6-8-18(16)25-2)21(24)15-9-10-19(26-3)20(13-15)27-4/h5-10,13,17H,11-12,14H2,1-4H3. The van der Waals surface area contributed by atoms with Crippen LogP contribution in [-0.4, -0.2) is 63.7 Å². The highest BCUT2D eigenvalue weighted by atomic mass is 16.5. The number of carbonyl (C=O) groups is 1. The molecule has 144 valence electrons. The van der Waals surface area contributed by atoms with E-state index >= 15 is 0 Å². The molecule has 27 heavy (non-hydrogen) atoms. The van der Waals surface area contributed by atoms with Gasteiger partial charge in [0.25, 0.3) is 5.91 Å². The molecule has 1 unspecified atom stereocenters. The third-order valence-electron chi connectivity index (χ3n) is 5.06. The Morgan fingerprint density at radius 1 is 0.926 bits per heavy atom. The molecule has 0 aromatic heterocycles. The number of ether oxygens (including phenoxy) is 3. The van der Waals surface area contributed by atoms with Crippen molar-refractivity contribution in [2.24, 2.45) is 0 Å². The smallest absolute Gasteiger partial charge is 0.254 e. The number of benzene rings is 2. The summed E-state index contributed by atoms with van der Waals surface area (Å²) in [6.45, 7) is 2.07. The van der Waals surface area contributed by atoms with Crippen LogP contribution < -0.4 is 14.2 Å². The van der Waals surface area contributed by atoms with E-state index in [0.717, 1.165) is 17.9 Å². The Labute approximate surface area is 160 Å². The number of carbonyl (C=O) groups excluding carboxylic acids is 1. The zero-order valence-corrected chi connectivity index (χ0v) is 16.3. The molecule has 0 bridgehead atoms. The molecule has 3 rings (SSSR count). The molecule has 6 nitrogen and oxygen atoms in total. The molecule has 1 amide bonds. The average Bonchev–Trinajstić information content (AvgIpc) is 2.73. The molecular weight excluding hydrogens is 344 g/mol. The van der Waals surface area contributed by atoms with Crippen LogP contribution in [0.1, 0.15) is 22.0 Å². The number of amides is 1. The van der Waals surface area contributed by atoms with Gasteiger partial charge in [0.15, 0.2) is 11.5 Å². The Bertz CT molecular complexity index is 809. The van der Waals surface area contributed by atoms with Crippen LogP contribution in [0, 0.1) is 0 Å². The van der Waals surface area contributed by atoms with E-state index in [2.05, 4.69) is 18.0 Å². The van der Waals surface area contributed by atoms with Crippen LogP contribution in [0.15, 0.2) is 42.5 Å². The van der Waals surface area contributed by atoms with Gasteiger partial charge in [-0.1, -0.05) is 18.2 Å². The Hall–Kier alpha value is -2.73. The monoisotopic (exact) mass is 370 g/mol. The van der Waals surface area contributed by atoms with Crippen molar-refractivity contribution in [3.05, 3.63) is 53.6 Å². The third kappa shape index (κ3) is 3.85. The Balaban J connectivity index is 1.84. The molecule has 1 saturated heterocycles. The molecule has 1 heterocycles. The molecule has 1 aliphatic rings. The number of likely N-dealkylation sites (N-methyl/N-ethyl adjacent to an activating group) is 1. The number of para-hydroxylation sites is 1. The Morgan fingerprint density at radius 2 is 1.63 bits per heavy atom. The molecular formula is C21H26N2O4. The van der Waals surface area contributed by atoms with Gasteiger partial charge in [-0.2, -0.15) is 0 Å². The summed E-state index contributed by atoms with van der Waals surface area (Å²) in [6.07, 6.45) is 0. The fourth-order valence-electron chi connectivity index (χ4n) is 3.49. The SMILES string of the molecule is COc1ccc(C(=O)N2CCN(C)C(c3ccccc3OC)C2)cc1OC. The fourth-order valence-corrected chi connectivity index (χ4v) is 3.49. The maximum Gasteiger partial charge on any atom is 0.254 e. The predicted octanol–water partition coefficient (Wildman–Crippen LogP) is 2.84. The number of nitrogens with zero attached hydrogens (tertiary/aromatic N) is 2. The van der Waals surface area contributed by atoms with Crippen molar-refractivity contribution < 1.29 is 19.0 Å². The number of methoxy groups -OCH3 is 3. The van der Waals surface area contributed by atoms with E-state index in [-0.39, 0.29) is 11.9 Å². The summed E-state index contributed by atoms with van der Waals surface area (Å²) in [6, 6.07) is 13.3. The average molecular weight is 370 g/mol. The first-order chi connectivity index (χ1) is 13.1. The zero-order valence-electron chi connectivity index (χ0n) is 16.3. The van der Waals surface area contributed by atoms with Gasteiger partial charge in [0.2, 0.25) is 0 Å². The highest BCUT2D eigenvalue weighted by Crippen LogP contribution is 2.32. The molecule has 0 radical (unpaired) electrons. The van der Waals surface area contributed by atoms with Crippen molar-refractivity contribution in [2.75, 3.05) is 48.0 Å². The first-order valence-electron chi connectivity index (χ1n) is 8.93. The lowest BCUT2D eigenvalue weighted by Gasteiger charge is -2.40. The number of rotatable bonds is 5. The second-order valence-electron chi connectivity index (χ2n) is 6.56. The summed E-state index contributed by atoms with van der Waals surface area (Å²) in [4.78, 5) is 17.2. The number of hydrogen-bond acceptors (Lipinski definition) is 5. The van der Waals surface area contributed by atoms with Gasteiger partial charge in [0, 0.05) is 30.8 Å². The number of piperazine rings is 1. The maximum atomic E-state index is 13.1. The van der Waals surface area contributed by atoms with Crippen molar-refractivity contribution in [2.45, 2.75) is 6.04 Å². The van der Waals surface area contributed by atoms with Crippen LogP contribution in [0.25, 0.3) is 0 Å². The Morgan fingerprint density at radius 3 is 2.33 bits per heavy atom. The van der Waals surface area contributed by atoms with Crippen molar-refractivity contribution in [1.82, 2.24) is 9.80 Å². The second kappa shape index (κ2) is 8.31. The Kier molecular flexibility index (Phi) is 5.86. The molecule has 0 saturated carbocycles. The molecule has 2 aromatic rings. The number of hydrogen-bond donors (Lipinski definition) is 0. The van der Waals surface area contributed by atoms with E-state index in [1.165, 1.54) is 0 Å². The van der Waals surface area contributed by atoms with Crippen LogP contribution >= 0.6 is 0 Å². The summed E-state index contributed by atoms with van der Waals surface area (Å²) in [5.74, 6) is 2.00. The van der Waals surface area contributed by atoms with E-state index in [9.17, 15) is 4.79 Å². The zero-order chi connectivity index (χ0) is 19.4. The lowest BCUT2D eigenvalue weighted by atomic mass is 10.0. The highest BCUT2D eigenvalue weighted by Gasteiger charge is 2.30. The minimum atomic E-state index is -0.0102. The van der Waals surface area contributed by atoms with Crippen LogP contribution in [0.5, 0.6) is 17.2 Å². The molecule has 0 N–H and O–H groups in total. The van der Waals surface area contributed by atoms with Crippen molar-refractivity contribution in [3.63, 3.8) is 0 Å². The third-order valence-corrected chi connectivity index (χ3v) is 5.06. The quantitative estimate of drug-likeness (QED) is 0.810. The molecule has 6 heteroatoms. The van der Waals surface area contributed by atoms with Crippen LogP contribution in [0.2, 0.25) is 0 Å². The summed E-state index contributed by atoms with van der Waals surface area (Å²) >= 11 is 0. The van der Waals surface area contributed by atoms with E-state index in [0.29, 0.717) is 30.2 Å². The van der Waals surface area contributed by atoms with Gasteiger partial charge in [0.05, 0.1) is 27.4 Å². The van der Waals surface area contributed by atoms with Gasteiger partial charge >= 0.3 is 0 Å². The van der Waals surface area contributed by atoms with Gasteiger partial charge in [0.1, 0.15) is 5.75 Å². The molecule has 0 aliphatic carbocycles. The minimum absolute atomic E-state index is 0.0102. The molecule has 1 atom stereocenters. The first-order valence-corrected chi connectivity index (χ1v) is 8.93. The topological polar surface area (TPSA) is 51.2 Å². The largest absolute Gasteiger partial charge is 0.496 e. The van der Waals surface area contributed by atoms with Gasteiger partial charge < -0.3 is 19.1 Å². The van der Waals surface area contributed by atoms with Crippen molar-refractivity contribution in [1.29, 1.82) is 0 Å². The fraction of sp³-hybridized carbons (Fsp3) is 0.381. The van der Waals surface area contributed by atoms with Crippen LogP contribution in [0.4, 0.5) is 0 Å².